The minimum absolute atomic E-state index is 0.172. The first kappa shape index (κ1) is 16.5. The van der Waals surface area contributed by atoms with Gasteiger partial charge < -0.3 is 15.4 Å². The van der Waals surface area contributed by atoms with Crippen molar-refractivity contribution < 1.29 is 9.53 Å². The molecule has 4 nitrogen and oxygen atoms in total. The standard InChI is InChI=1S/C16H26N2O2/c1-14(10-11-17)8-9-16(19)18(2)12-13-20-15-6-4-3-5-7-15/h3-7,14H,8-13,17H2,1-2H3. The largest absolute Gasteiger partial charge is 0.492 e. The molecule has 0 saturated heterocycles. The number of para-hydroxylation sites is 1. The molecule has 1 aromatic rings. The van der Waals surface area contributed by atoms with E-state index in [0.29, 0.717) is 32.0 Å². The second-order valence-electron chi connectivity index (χ2n) is 5.20. The summed E-state index contributed by atoms with van der Waals surface area (Å²) in [5.74, 6) is 1.52. The number of hydrogen-bond acceptors (Lipinski definition) is 3. The monoisotopic (exact) mass is 278 g/mol. The number of nitrogens with two attached hydrogens (primary N) is 1. The van der Waals surface area contributed by atoms with Gasteiger partial charge in [-0.15, -0.1) is 0 Å². The van der Waals surface area contributed by atoms with Gasteiger partial charge in [-0.3, -0.25) is 4.79 Å². The molecule has 0 aliphatic heterocycles. The predicted octanol–water partition coefficient (Wildman–Crippen LogP) is 2.29. The number of likely N-dealkylation sites (N-methyl/N-ethyl adjacent to an activating group) is 1. The molecular weight excluding hydrogens is 252 g/mol. The van der Waals surface area contributed by atoms with Crippen molar-refractivity contribution >= 4 is 5.91 Å². The summed E-state index contributed by atoms with van der Waals surface area (Å²) in [6.07, 6.45) is 2.47. The zero-order valence-electron chi connectivity index (χ0n) is 12.5. The van der Waals surface area contributed by atoms with Crippen LogP contribution in [0.4, 0.5) is 0 Å². The molecule has 0 aliphatic rings. The molecule has 0 bridgehead atoms. The molecule has 0 spiro atoms. The van der Waals surface area contributed by atoms with Gasteiger partial charge in [0.05, 0.1) is 6.54 Å². The number of amides is 1. The highest BCUT2D eigenvalue weighted by molar-refractivity contribution is 5.75. The highest BCUT2D eigenvalue weighted by atomic mass is 16.5. The highest BCUT2D eigenvalue weighted by Gasteiger charge is 2.10. The van der Waals surface area contributed by atoms with E-state index in [-0.39, 0.29) is 5.91 Å². The Labute approximate surface area is 121 Å². The van der Waals surface area contributed by atoms with Crippen LogP contribution >= 0.6 is 0 Å². The van der Waals surface area contributed by atoms with Gasteiger partial charge in [0.25, 0.3) is 0 Å². The molecule has 20 heavy (non-hydrogen) atoms. The molecule has 1 atom stereocenters. The smallest absolute Gasteiger partial charge is 0.222 e. The Morgan fingerprint density at radius 1 is 1.30 bits per heavy atom. The van der Waals surface area contributed by atoms with E-state index in [1.165, 1.54) is 0 Å². The van der Waals surface area contributed by atoms with Crippen LogP contribution in [0, 0.1) is 5.92 Å². The average Bonchev–Trinajstić information content (AvgIpc) is 2.46. The Balaban J connectivity index is 2.18. The van der Waals surface area contributed by atoms with Crippen LogP contribution < -0.4 is 10.5 Å². The fraction of sp³-hybridized carbons (Fsp3) is 0.562. The van der Waals surface area contributed by atoms with Gasteiger partial charge in [-0.2, -0.15) is 0 Å². The van der Waals surface area contributed by atoms with Crippen LogP contribution in [0.15, 0.2) is 30.3 Å². The lowest BCUT2D eigenvalue weighted by atomic mass is 10.0. The van der Waals surface area contributed by atoms with Gasteiger partial charge in [-0.05, 0) is 37.4 Å². The second-order valence-corrected chi connectivity index (χ2v) is 5.20. The lowest BCUT2D eigenvalue weighted by Crippen LogP contribution is -2.31. The SMILES string of the molecule is CC(CCN)CCC(=O)N(C)CCOc1ccccc1. The summed E-state index contributed by atoms with van der Waals surface area (Å²) < 4.78 is 5.58. The van der Waals surface area contributed by atoms with Crippen LogP contribution in [0.1, 0.15) is 26.2 Å². The Kier molecular flexibility index (Phi) is 7.73. The van der Waals surface area contributed by atoms with E-state index in [4.69, 9.17) is 10.5 Å². The van der Waals surface area contributed by atoms with Crippen molar-refractivity contribution in [2.24, 2.45) is 11.7 Å². The summed E-state index contributed by atoms with van der Waals surface area (Å²) in [5.41, 5.74) is 5.50. The molecule has 1 aromatic carbocycles. The second kappa shape index (κ2) is 9.37. The number of rotatable bonds is 9. The van der Waals surface area contributed by atoms with Crippen molar-refractivity contribution in [2.75, 3.05) is 26.7 Å². The number of nitrogens with zero attached hydrogens (tertiary/aromatic N) is 1. The maximum absolute atomic E-state index is 11.9. The molecule has 4 heteroatoms. The first-order chi connectivity index (χ1) is 9.63. The Morgan fingerprint density at radius 3 is 2.65 bits per heavy atom. The topological polar surface area (TPSA) is 55.6 Å². The van der Waals surface area contributed by atoms with Crippen molar-refractivity contribution in [1.29, 1.82) is 0 Å². The zero-order valence-corrected chi connectivity index (χ0v) is 12.5. The number of carbonyl (C=O) groups is 1. The summed E-state index contributed by atoms with van der Waals surface area (Å²) >= 11 is 0. The van der Waals surface area contributed by atoms with E-state index in [1.54, 1.807) is 4.90 Å². The van der Waals surface area contributed by atoms with Crippen molar-refractivity contribution in [3.63, 3.8) is 0 Å². The fourth-order valence-corrected chi connectivity index (χ4v) is 1.93. The van der Waals surface area contributed by atoms with E-state index in [2.05, 4.69) is 6.92 Å². The van der Waals surface area contributed by atoms with Crippen molar-refractivity contribution in [2.45, 2.75) is 26.2 Å². The molecule has 1 rings (SSSR count). The molecule has 0 saturated carbocycles. The first-order valence-corrected chi connectivity index (χ1v) is 7.25. The third-order valence-electron chi connectivity index (χ3n) is 3.37. The molecule has 0 heterocycles. The lowest BCUT2D eigenvalue weighted by Gasteiger charge is -2.18. The maximum atomic E-state index is 11.9. The third kappa shape index (κ3) is 6.57. The van der Waals surface area contributed by atoms with Crippen LogP contribution in [0.25, 0.3) is 0 Å². The van der Waals surface area contributed by atoms with Crippen molar-refractivity contribution in [3.05, 3.63) is 30.3 Å². The van der Waals surface area contributed by atoms with E-state index in [0.717, 1.165) is 18.6 Å². The van der Waals surface area contributed by atoms with Crippen LogP contribution in [0.2, 0.25) is 0 Å². The van der Waals surface area contributed by atoms with E-state index >= 15 is 0 Å². The van der Waals surface area contributed by atoms with Crippen LogP contribution in [-0.4, -0.2) is 37.6 Å². The minimum atomic E-state index is 0.172. The lowest BCUT2D eigenvalue weighted by molar-refractivity contribution is -0.130. The van der Waals surface area contributed by atoms with Crippen LogP contribution in [-0.2, 0) is 4.79 Å². The van der Waals surface area contributed by atoms with Gasteiger partial charge in [-0.25, -0.2) is 0 Å². The molecule has 0 fully saturated rings. The first-order valence-electron chi connectivity index (χ1n) is 7.25. The number of carbonyl (C=O) groups excluding carboxylic acids is 1. The van der Waals surface area contributed by atoms with Crippen LogP contribution in [0.5, 0.6) is 5.75 Å². The molecule has 0 aromatic heterocycles. The van der Waals surface area contributed by atoms with Gasteiger partial charge in [0.1, 0.15) is 12.4 Å². The Hall–Kier alpha value is -1.55. The van der Waals surface area contributed by atoms with Gasteiger partial charge >= 0.3 is 0 Å². The quantitative estimate of drug-likeness (QED) is 0.754. The number of hydrogen-bond donors (Lipinski definition) is 1. The van der Waals surface area contributed by atoms with Crippen molar-refractivity contribution in [3.8, 4) is 5.75 Å². The van der Waals surface area contributed by atoms with Gasteiger partial charge in [-0.1, -0.05) is 25.1 Å². The molecule has 112 valence electrons. The summed E-state index contributed by atoms with van der Waals surface area (Å²) in [7, 11) is 1.82. The Morgan fingerprint density at radius 2 is 2.00 bits per heavy atom. The molecule has 2 N–H and O–H groups in total. The van der Waals surface area contributed by atoms with E-state index < -0.39 is 0 Å². The molecule has 0 radical (unpaired) electrons. The van der Waals surface area contributed by atoms with Crippen LogP contribution in [0.3, 0.4) is 0 Å². The zero-order chi connectivity index (χ0) is 14.8. The highest BCUT2D eigenvalue weighted by Crippen LogP contribution is 2.11. The molecule has 1 unspecified atom stereocenters. The van der Waals surface area contributed by atoms with Gasteiger partial charge in [0.2, 0.25) is 5.91 Å². The van der Waals surface area contributed by atoms with E-state index in [1.807, 2.05) is 37.4 Å². The number of ether oxygens (including phenoxy) is 1. The fourth-order valence-electron chi connectivity index (χ4n) is 1.93. The molecular formula is C16H26N2O2. The normalized spacial score (nSPS) is 11.9. The van der Waals surface area contributed by atoms with Gasteiger partial charge in [0.15, 0.2) is 0 Å². The summed E-state index contributed by atoms with van der Waals surface area (Å²) in [6.45, 7) is 3.96. The minimum Gasteiger partial charge on any atom is -0.492 e. The summed E-state index contributed by atoms with van der Waals surface area (Å²) in [4.78, 5) is 13.7. The Bertz CT molecular complexity index is 381. The maximum Gasteiger partial charge on any atom is 0.222 e. The van der Waals surface area contributed by atoms with E-state index in [9.17, 15) is 4.79 Å². The molecule has 1 amide bonds. The molecule has 0 aliphatic carbocycles. The average molecular weight is 278 g/mol. The summed E-state index contributed by atoms with van der Waals surface area (Å²) in [6, 6.07) is 9.64. The third-order valence-corrected chi connectivity index (χ3v) is 3.37. The number of benzene rings is 1. The predicted molar refractivity (Wildman–Crippen MR) is 81.6 cm³/mol. The summed E-state index contributed by atoms with van der Waals surface area (Å²) in [5, 5.41) is 0. The van der Waals surface area contributed by atoms with Gasteiger partial charge in [0, 0.05) is 13.5 Å². The van der Waals surface area contributed by atoms with Crippen molar-refractivity contribution in [1.82, 2.24) is 4.90 Å².